The zero-order valence-electron chi connectivity index (χ0n) is 22.2. The van der Waals surface area contributed by atoms with Gasteiger partial charge in [-0.3, -0.25) is 14.5 Å². The van der Waals surface area contributed by atoms with Crippen molar-refractivity contribution in [2.45, 2.75) is 47.1 Å². The smallest absolute Gasteiger partial charge is 0.298 e. The molecule has 0 atom stereocenters. The SMILES string of the molecule is Cc1cc(OC=O)ccc1CN1CCN(C(=O)CCc2c(C)nn(-c3ccc4nnc(C)n4n3)c2C)CC1. The van der Waals surface area contributed by atoms with Crippen LogP contribution in [0.3, 0.4) is 0 Å². The Kier molecular flexibility index (Phi) is 7.19. The van der Waals surface area contributed by atoms with Crippen LogP contribution in [0.5, 0.6) is 5.75 Å². The van der Waals surface area contributed by atoms with Crippen LogP contribution in [0.25, 0.3) is 11.5 Å². The lowest BCUT2D eigenvalue weighted by atomic mass is 10.1. The zero-order chi connectivity index (χ0) is 26.8. The van der Waals surface area contributed by atoms with Gasteiger partial charge >= 0.3 is 0 Å². The number of ether oxygens (including phenoxy) is 1. The van der Waals surface area contributed by atoms with Gasteiger partial charge in [-0.1, -0.05) is 6.07 Å². The number of carbonyl (C=O) groups is 2. The third kappa shape index (κ3) is 5.14. The summed E-state index contributed by atoms with van der Waals surface area (Å²) in [7, 11) is 0. The molecule has 0 aliphatic carbocycles. The Labute approximate surface area is 221 Å². The number of aromatic nitrogens is 6. The monoisotopic (exact) mass is 516 g/mol. The fourth-order valence-corrected chi connectivity index (χ4v) is 5.02. The number of rotatable bonds is 8. The van der Waals surface area contributed by atoms with Gasteiger partial charge in [-0.2, -0.15) is 9.61 Å². The molecule has 4 aromatic rings. The number of aryl methyl sites for hydroxylation is 3. The van der Waals surface area contributed by atoms with Crippen molar-refractivity contribution < 1.29 is 14.3 Å². The second-order valence-electron chi connectivity index (χ2n) is 9.73. The Bertz CT molecular complexity index is 1480. The molecule has 0 radical (unpaired) electrons. The van der Waals surface area contributed by atoms with Gasteiger partial charge in [0, 0.05) is 44.8 Å². The minimum atomic E-state index is 0.169. The number of amides is 1. The minimum Gasteiger partial charge on any atom is -0.429 e. The summed E-state index contributed by atoms with van der Waals surface area (Å²) >= 11 is 0. The van der Waals surface area contributed by atoms with Gasteiger partial charge in [0.2, 0.25) is 5.91 Å². The molecule has 1 aliphatic rings. The zero-order valence-corrected chi connectivity index (χ0v) is 22.2. The van der Waals surface area contributed by atoms with Crippen molar-refractivity contribution in [2.24, 2.45) is 0 Å². The number of carbonyl (C=O) groups excluding carboxylic acids is 2. The first kappa shape index (κ1) is 25.5. The van der Waals surface area contributed by atoms with Crippen molar-refractivity contribution in [3.8, 4) is 11.6 Å². The Morgan fingerprint density at radius 2 is 1.79 bits per heavy atom. The summed E-state index contributed by atoms with van der Waals surface area (Å²) in [5.41, 5.74) is 5.94. The first-order chi connectivity index (χ1) is 18.3. The molecular formula is C27H32N8O3. The summed E-state index contributed by atoms with van der Waals surface area (Å²) in [4.78, 5) is 27.9. The average molecular weight is 517 g/mol. The second-order valence-corrected chi connectivity index (χ2v) is 9.73. The quantitative estimate of drug-likeness (QED) is 0.328. The Morgan fingerprint density at radius 3 is 2.53 bits per heavy atom. The van der Waals surface area contributed by atoms with Gasteiger partial charge in [0.15, 0.2) is 17.3 Å². The van der Waals surface area contributed by atoms with Gasteiger partial charge < -0.3 is 9.64 Å². The summed E-state index contributed by atoms with van der Waals surface area (Å²) in [6, 6.07) is 9.44. The number of nitrogens with zero attached hydrogens (tertiary/aromatic N) is 8. The van der Waals surface area contributed by atoms with Crippen molar-refractivity contribution >= 4 is 18.0 Å². The molecule has 0 unspecified atom stereocenters. The van der Waals surface area contributed by atoms with E-state index < -0.39 is 0 Å². The van der Waals surface area contributed by atoms with Crippen LogP contribution in [0.1, 0.15) is 40.3 Å². The summed E-state index contributed by atoms with van der Waals surface area (Å²) in [6.07, 6.45) is 1.08. The van der Waals surface area contributed by atoms with Gasteiger partial charge in [-0.05, 0) is 75.1 Å². The molecule has 0 saturated carbocycles. The van der Waals surface area contributed by atoms with Crippen molar-refractivity contribution in [1.82, 2.24) is 39.4 Å². The van der Waals surface area contributed by atoms with Crippen LogP contribution in [0.2, 0.25) is 0 Å². The van der Waals surface area contributed by atoms with Crippen LogP contribution < -0.4 is 4.74 Å². The Hall–Kier alpha value is -4.12. The molecular weight excluding hydrogens is 484 g/mol. The van der Waals surface area contributed by atoms with Crippen LogP contribution in [-0.2, 0) is 22.6 Å². The molecule has 1 aliphatic heterocycles. The molecule has 38 heavy (non-hydrogen) atoms. The average Bonchev–Trinajstić information content (AvgIpc) is 3.42. The molecule has 0 spiro atoms. The van der Waals surface area contributed by atoms with Crippen LogP contribution >= 0.6 is 0 Å². The third-order valence-electron chi connectivity index (χ3n) is 7.27. The van der Waals surface area contributed by atoms with E-state index in [2.05, 4.69) is 20.2 Å². The van der Waals surface area contributed by atoms with Crippen LogP contribution in [0, 0.1) is 27.7 Å². The van der Waals surface area contributed by atoms with Crippen molar-refractivity contribution in [3.63, 3.8) is 0 Å². The first-order valence-electron chi connectivity index (χ1n) is 12.8. The molecule has 0 N–H and O–H groups in total. The second kappa shape index (κ2) is 10.7. The van der Waals surface area contributed by atoms with Crippen molar-refractivity contribution in [2.75, 3.05) is 26.2 Å². The highest BCUT2D eigenvalue weighted by molar-refractivity contribution is 5.76. The van der Waals surface area contributed by atoms with E-state index in [-0.39, 0.29) is 5.91 Å². The summed E-state index contributed by atoms with van der Waals surface area (Å²) in [6.45, 7) is 12.2. The van der Waals surface area contributed by atoms with Gasteiger partial charge in [-0.25, -0.2) is 4.68 Å². The van der Waals surface area contributed by atoms with Crippen LogP contribution in [0.15, 0.2) is 30.3 Å². The standard InChI is InChI=1S/C27H32N8O3/c1-18-15-23(38-17-36)6-5-22(18)16-32-11-13-33(14-12-32)27(37)10-7-24-19(2)30-34(20(24)3)26-9-8-25-29-28-21(4)35(25)31-26/h5-6,8-9,15,17H,7,10-14,16H2,1-4H3. The molecule has 4 heterocycles. The molecule has 198 valence electrons. The predicted molar refractivity (Wildman–Crippen MR) is 140 cm³/mol. The topological polar surface area (TPSA) is 111 Å². The van der Waals surface area contributed by atoms with Gasteiger partial charge in [-0.15, -0.1) is 15.3 Å². The van der Waals surface area contributed by atoms with Gasteiger partial charge in [0.25, 0.3) is 6.47 Å². The van der Waals surface area contributed by atoms with Crippen molar-refractivity contribution in [3.05, 3.63) is 64.2 Å². The molecule has 1 saturated heterocycles. The molecule has 1 amide bonds. The highest BCUT2D eigenvalue weighted by Gasteiger charge is 2.23. The molecule has 0 bridgehead atoms. The maximum Gasteiger partial charge on any atom is 0.298 e. The number of benzene rings is 1. The van der Waals surface area contributed by atoms with E-state index >= 15 is 0 Å². The maximum atomic E-state index is 13.1. The Balaban J connectivity index is 1.17. The van der Waals surface area contributed by atoms with E-state index in [0.29, 0.717) is 55.4 Å². The molecule has 11 heteroatoms. The first-order valence-corrected chi connectivity index (χ1v) is 12.8. The summed E-state index contributed by atoms with van der Waals surface area (Å²) in [5.74, 6) is 2.13. The van der Waals surface area contributed by atoms with Crippen LogP contribution in [0.4, 0.5) is 0 Å². The minimum absolute atomic E-state index is 0.169. The van der Waals surface area contributed by atoms with E-state index in [1.165, 1.54) is 5.56 Å². The maximum absolute atomic E-state index is 13.1. The fraction of sp³-hybridized carbons (Fsp3) is 0.407. The van der Waals surface area contributed by atoms with E-state index in [0.717, 1.165) is 42.1 Å². The number of piperazine rings is 1. The Morgan fingerprint density at radius 1 is 1.00 bits per heavy atom. The van der Waals surface area contributed by atoms with E-state index in [4.69, 9.17) is 9.84 Å². The molecule has 1 aromatic carbocycles. The van der Waals surface area contributed by atoms with E-state index in [1.807, 2.05) is 67.6 Å². The lowest BCUT2D eigenvalue weighted by Gasteiger charge is -2.35. The van der Waals surface area contributed by atoms with Crippen LogP contribution in [-0.4, -0.2) is 78.0 Å². The van der Waals surface area contributed by atoms with Crippen molar-refractivity contribution in [1.29, 1.82) is 0 Å². The van der Waals surface area contributed by atoms with E-state index in [9.17, 15) is 9.59 Å². The largest absolute Gasteiger partial charge is 0.429 e. The highest BCUT2D eigenvalue weighted by atomic mass is 16.5. The van der Waals surface area contributed by atoms with Gasteiger partial charge in [0.1, 0.15) is 5.75 Å². The highest BCUT2D eigenvalue weighted by Crippen LogP contribution is 2.21. The lowest BCUT2D eigenvalue weighted by molar-refractivity contribution is -0.133. The third-order valence-corrected chi connectivity index (χ3v) is 7.27. The lowest BCUT2D eigenvalue weighted by Crippen LogP contribution is -2.48. The number of fused-ring (bicyclic) bond motifs is 1. The van der Waals surface area contributed by atoms with E-state index in [1.54, 1.807) is 4.52 Å². The number of hydrogen-bond donors (Lipinski definition) is 0. The summed E-state index contributed by atoms with van der Waals surface area (Å²) < 4.78 is 8.46. The number of hydrogen-bond acceptors (Lipinski definition) is 8. The molecule has 5 rings (SSSR count). The fourth-order valence-electron chi connectivity index (χ4n) is 5.02. The molecule has 3 aromatic heterocycles. The molecule has 1 fully saturated rings. The molecule has 11 nitrogen and oxygen atoms in total. The van der Waals surface area contributed by atoms with Gasteiger partial charge in [0.05, 0.1) is 5.69 Å². The summed E-state index contributed by atoms with van der Waals surface area (Å²) in [5, 5.41) is 17.5. The normalized spacial score (nSPS) is 14.3. The predicted octanol–water partition coefficient (Wildman–Crippen LogP) is 2.36.